The molecular weight excluding hydrogens is 276 g/mol. The first kappa shape index (κ1) is 16.4. The van der Waals surface area contributed by atoms with Gasteiger partial charge in [0.2, 0.25) is 0 Å². The molecule has 108 valence electrons. The van der Waals surface area contributed by atoms with E-state index in [1.54, 1.807) is 12.1 Å². The lowest BCUT2D eigenvalue weighted by atomic mass is 9.88. The Kier molecular flexibility index (Phi) is 6.41. The van der Waals surface area contributed by atoms with Crippen LogP contribution in [0.15, 0.2) is 18.2 Å². The second-order valence-electron chi connectivity index (χ2n) is 4.66. The van der Waals surface area contributed by atoms with Crippen molar-refractivity contribution in [3.63, 3.8) is 0 Å². The van der Waals surface area contributed by atoms with Crippen LogP contribution in [-0.2, 0) is 9.53 Å². The predicted molar refractivity (Wildman–Crippen MR) is 80.0 cm³/mol. The van der Waals surface area contributed by atoms with E-state index in [1.807, 2.05) is 26.8 Å². The van der Waals surface area contributed by atoms with E-state index in [2.05, 4.69) is 5.92 Å². The number of carbonyl (C=O) groups is 1. The van der Waals surface area contributed by atoms with Crippen LogP contribution in [0.3, 0.4) is 0 Å². The number of halogens is 1. The summed E-state index contributed by atoms with van der Waals surface area (Å²) in [4.78, 5) is 12.1. The Balaban J connectivity index is 3.01. The molecule has 4 heteroatoms. The highest BCUT2D eigenvalue weighted by molar-refractivity contribution is 6.32. The van der Waals surface area contributed by atoms with E-state index in [0.29, 0.717) is 17.4 Å². The molecule has 0 fully saturated rings. The maximum Gasteiger partial charge on any atom is 0.314 e. The first-order valence-electron chi connectivity index (χ1n) is 6.53. The molecule has 0 amide bonds. The lowest BCUT2D eigenvalue weighted by Gasteiger charge is -2.20. The van der Waals surface area contributed by atoms with E-state index in [-0.39, 0.29) is 18.5 Å². The second-order valence-corrected chi connectivity index (χ2v) is 5.06. The maximum atomic E-state index is 12.1. The van der Waals surface area contributed by atoms with Gasteiger partial charge in [0.15, 0.2) is 6.61 Å². The molecule has 0 aliphatic rings. The molecule has 0 saturated carbocycles. The quantitative estimate of drug-likeness (QED) is 0.593. The Hall–Kier alpha value is -1.66. The molecule has 0 spiro atoms. The average Bonchev–Trinajstić information content (AvgIpc) is 2.39. The minimum absolute atomic E-state index is 0.0210. The van der Waals surface area contributed by atoms with Gasteiger partial charge in [0.1, 0.15) is 5.75 Å². The molecule has 1 aromatic rings. The Morgan fingerprint density at radius 3 is 2.65 bits per heavy atom. The first-order chi connectivity index (χ1) is 9.51. The number of ether oxygens (including phenoxy) is 2. The average molecular weight is 295 g/mol. The molecule has 1 aromatic carbocycles. The fourth-order valence-corrected chi connectivity index (χ4v) is 2.22. The standard InChI is InChI=1S/C16H19ClO3/c1-5-9-20-16(18)15(11(3)4)12-7-8-14(19-6-2)13(17)10-12/h1,7-8,10-11,15H,6,9H2,2-4H3. The summed E-state index contributed by atoms with van der Waals surface area (Å²) in [6.07, 6.45) is 5.10. The van der Waals surface area contributed by atoms with Gasteiger partial charge in [-0.2, -0.15) is 0 Å². The minimum Gasteiger partial charge on any atom is -0.492 e. The van der Waals surface area contributed by atoms with Gasteiger partial charge in [-0.25, -0.2) is 0 Å². The van der Waals surface area contributed by atoms with E-state index < -0.39 is 5.92 Å². The molecule has 0 aliphatic heterocycles. The Morgan fingerprint density at radius 2 is 2.15 bits per heavy atom. The fourth-order valence-electron chi connectivity index (χ4n) is 1.98. The van der Waals surface area contributed by atoms with Crippen LogP contribution in [0.5, 0.6) is 5.75 Å². The summed E-state index contributed by atoms with van der Waals surface area (Å²) in [5.41, 5.74) is 0.801. The van der Waals surface area contributed by atoms with Gasteiger partial charge in [-0.3, -0.25) is 4.79 Å². The van der Waals surface area contributed by atoms with Gasteiger partial charge in [-0.05, 0) is 30.5 Å². The summed E-state index contributed by atoms with van der Waals surface area (Å²) in [5.74, 6) is 2.25. The van der Waals surface area contributed by atoms with Crippen molar-refractivity contribution in [3.8, 4) is 18.1 Å². The summed E-state index contributed by atoms with van der Waals surface area (Å²) < 4.78 is 10.4. The van der Waals surface area contributed by atoms with Crippen LogP contribution < -0.4 is 4.74 Å². The summed E-state index contributed by atoms with van der Waals surface area (Å²) in [5, 5.41) is 0.486. The van der Waals surface area contributed by atoms with Crippen LogP contribution in [0.1, 0.15) is 32.3 Å². The van der Waals surface area contributed by atoms with Crippen molar-refractivity contribution in [2.75, 3.05) is 13.2 Å². The van der Waals surface area contributed by atoms with Gasteiger partial charge >= 0.3 is 5.97 Å². The van der Waals surface area contributed by atoms with Crippen LogP contribution in [-0.4, -0.2) is 19.2 Å². The van der Waals surface area contributed by atoms with Crippen molar-refractivity contribution in [3.05, 3.63) is 28.8 Å². The number of terminal acetylenes is 1. The highest BCUT2D eigenvalue weighted by atomic mass is 35.5. The zero-order valence-corrected chi connectivity index (χ0v) is 12.7. The number of carbonyl (C=O) groups excluding carboxylic acids is 1. The molecular formula is C16H19ClO3. The predicted octanol–water partition coefficient (Wildman–Crippen LogP) is 3.65. The molecule has 1 rings (SSSR count). The van der Waals surface area contributed by atoms with Crippen molar-refractivity contribution in [2.24, 2.45) is 5.92 Å². The molecule has 1 atom stereocenters. The third-order valence-corrected chi connectivity index (χ3v) is 3.13. The molecule has 1 unspecified atom stereocenters. The summed E-state index contributed by atoms with van der Waals surface area (Å²) >= 11 is 6.16. The van der Waals surface area contributed by atoms with Gasteiger partial charge in [0, 0.05) is 0 Å². The minimum atomic E-state index is -0.392. The normalized spacial score (nSPS) is 11.8. The van der Waals surface area contributed by atoms with E-state index in [4.69, 9.17) is 27.5 Å². The molecule has 3 nitrogen and oxygen atoms in total. The summed E-state index contributed by atoms with van der Waals surface area (Å²) in [6, 6.07) is 5.35. The summed E-state index contributed by atoms with van der Waals surface area (Å²) in [7, 11) is 0. The molecule has 0 N–H and O–H groups in total. The Bertz CT molecular complexity index is 503. The Morgan fingerprint density at radius 1 is 1.45 bits per heavy atom. The Labute approximate surface area is 125 Å². The van der Waals surface area contributed by atoms with Gasteiger partial charge in [0.25, 0.3) is 0 Å². The van der Waals surface area contributed by atoms with Gasteiger partial charge in [-0.15, -0.1) is 6.42 Å². The molecule has 20 heavy (non-hydrogen) atoms. The van der Waals surface area contributed by atoms with Gasteiger partial charge in [-0.1, -0.05) is 37.4 Å². The van der Waals surface area contributed by atoms with Gasteiger partial charge < -0.3 is 9.47 Å². The lowest BCUT2D eigenvalue weighted by molar-refractivity contribution is -0.145. The van der Waals surface area contributed by atoms with Gasteiger partial charge in [0.05, 0.1) is 17.5 Å². The lowest BCUT2D eigenvalue weighted by Crippen LogP contribution is -2.21. The second kappa shape index (κ2) is 7.81. The number of rotatable bonds is 6. The van der Waals surface area contributed by atoms with Crippen LogP contribution in [0.25, 0.3) is 0 Å². The SMILES string of the molecule is C#CCOC(=O)C(c1ccc(OCC)c(Cl)c1)C(C)C. The highest BCUT2D eigenvalue weighted by Gasteiger charge is 2.26. The van der Waals surface area contributed by atoms with Crippen molar-refractivity contribution in [1.82, 2.24) is 0 Å². The molecule has 0 saturated heterocycles. The smallest absolute Gasteiger partial charge is 0.314 e. The van der Waals surface area contributed by atoms with Crippen LogP contribution in [0, 0.1) is 18.3 Å². The molecule has 0 aromatic heterocycles. The molecule has 0 radical (unpaired) electrons. The number of hydrogen-bond donors (Lipinski definition) is 0. The van der Waals surface area contributed by atoms with Crippen molar-refractivity contribution < 1.29 is 14.3 Å². The van der Waals surface area contributed by atoms with Crippen molar-refractivity contribution >= 4 is 17.6 Å². The topological polar surface area (TPSA) is 35.5 Å². The van der Waals surface area contributed by atoms with E-state index in [9.17, 15) is 4.79 Å². The zero-order valence-electron chi connectivity index (χ0n) is 12.0. The first-order valence-corrected chi connectivity index (χ1v) is 6.91. The van der Waals surface area contributed by atoms with E-state index in [1.165, 1.54) is 0 Å². The van der Waals surface area contributed by atoms with E-state index in [0.717, 1.165) is 5.56 Å². The fraction of sp³-hybridized carbons (Fsp3) is 0.438. The summed E-state index contributed by atoms with van der Waals surface area (Å²) in [6.45, 7) is 6.31. The van der Waals surface area contributed by atoms with E-state index >= 15 is 0 Å². The largest absolute Gasteiger partial charge is 0.492 e. The zero-order chi connectivity index (χ0) is 15.1. The number of esters is 1. The van der Waals surface area contributed by atoms with Crippen LogP contribution in [0.2, 0.25) is 5.02 Å². The van der Waals surface area contributed by atoms with Crippen molar-refractivity contribution in [2.45, 2.75) is 26.7 Å². The third-order valence-electron chi connectivity index (χ3n) is 2.83. The van der Waals surface area contributed by atoms with Crippen molar-refractivity contribution in [1.29, 1.82) is 0 Å². The molecule has 0 bridgehead atoms. The molecule has 0 heterocycles. The van der Waals surface area contributed by atoms with Crippen LogP contribution >= 0.6 is 11.6 Å². The highest BCUT2D eigenvalue weighted by Crippen LogP contribution is 2.32. The maximum absolute atomic E-state index is 12.1. The third kappa shape index (κ3) is 4.18. The number of hydrogen-bond acceptors (Lipinski definition) is 3. The monoisotopic (exact) mass is 294 g/mol. The van der Waals surface area contributed by atoms with Crippen LogP contribution in [0.4, 0.5) is 0 Å². The molecule has 0 aliphatic carbocycles. The number of benzene rings is 1.